The lowest BCUT2D eigenvalue weighted by atomic mass is 10.2. The van der Waals surface area contributed by atoms with E-state index >= 15 is 0 Å². The van der Waals surface area contributed by atoms with Crippen LogP contribution >= 0.6 is 0 Å². The van der Waals surface area contributed by atoms with Gasteiger partial charge in [0.25, 0.3) is 0 Å². The van der Waals surface area contributed by atoms with Gasteiger partial charge in [0, 0.05) is 16.5 Å². The van der Waals surface area contributed by atoms with E-state index in [-0.39, 0.29) is 5.88 Å². The third-order valence-electron chi connectivity index (χ3n) is 1.89. The normalized spacial score (nSPS) is 10.6. The van der Waals surface area contributed by atoms with E-state index < -0.39 is 0 Å². The van der Waals surface area contributed by atoms with Crippen LogP contribution in [0.5, 0.6) is 5.88 Å². The average molecular weight is 147 g/mol. The molecule has 11 heavy (non-hydrogen) atoms. The van der Waals surface area contributed by atoms with Crippen molar-refractivity contribution >= 4 is 10.8 Å². The zero-order valence-corrected chi connectivity index (χ0v) is 6.26. The molecule has 0 aliphatic heterocycles. The van der Waals surface area contributed by atoms with E-state index in [0.29, 0.717) is 0 Å². The van der Waals surface area contributed by atoms with Gasteiger partial charge in [0.2, 0.25) is 0 Å². The Labute approximate surface area is 64.5 Å². The predicted molar refractivity (Wildman–Crippen MR) is 44.7 cm³/mol. The molecule has 1 aromatic heterocycles. The lowest BCUT2D eigenvalue weighted by Gasteiger charge is -1.87. The van der Waals surface area contributed by atoms with Gasteiger partial charge >= 0.3 is 0 Å². The minimum Gasteiger partial charge on any atom is -0.494 e. The summed E-state index contributed by atoms with van der Waals surface area (Å²) in [7, 11) is 0. The molecule has 0 atom stereocenters. The lowest BCUT2D eigenvalue weighted by molar-refractivity contribution is 0.462. The van der Waals surface area contributed by atoms with Crippen LogP contribution in [0.4, 0.5) is 0 Å². The second-order valence-electron chi connectivity index (χ2n) is 2.64. The second kappa shape index (κ2) is 2.02. The number of aromatic hydroxyl groups is 1. The largest absolute Gasteiger partial charge is 0.494 e. The summed E-state index contributed by atoms with van der Waals surface area (Å²) in [4.78, 5) is 2.87. The van der Waals surface area contributed by atoms with Crippen molar-refractivity contribution in [1.29, 1.82) is 0 Å². The fourth-order valence-corrected chi connectivity index (χ4v) is 1.33. The van der Waals surface area contributed by atoms with Gasteiger partial charge in [0.05, 0.1) is 0 Å². The van der Waals surface area contributed by atoms with Gasteiger partial charge in [-0.15, -0.1) is 0 Å². The van der Waals surface area contributed by atoms with E-state index in [9.17, 15) is 5.11 Å². The molecule has 0 unspecified atom stereocenters. The highest BCUT2D eigenvalue weighted by atomic mass is 16.3. The van der Waals surface area contributed by atoms with Crippen LogP contribution in [0, 0.1) is 6.92 Å². The van der Waals surface area contributed by atoms with Gasteiger partial charge in [-0.3, -0.25) is 0 Å². The molecule has 2 nitrogen and oxygen atoms in total. The minimum atomic E-state index is 0.262. The van der Waals surface area contributed by atoms with Gasteiger partial charge in [0.15, 0.2) is 5.88 Å². The number of rotatable bonds is 0. The summed E-state index contributed by atoms with van der Waals surface area (Å²) in [5.74, 6) is 0.262. The van der Waals surface area contributed by atoms with Crippen LogP contribution in [-0.4, -0.2) is 10.1 Å². The molecule has 0 aliphatic rings. The van der Waals surface area contributed by atoms with Crippen molar-refractivity contribution in [3.8, 4) is 5.88 Å². The zero-order valence-electron chi connectivity index (χ0n) is 6.26. The number of aryl methyl sites for hydroxylation is 1. The van der Waals surface area contributed by atoms with Gasteiger partial charge in [-0.05, 0) is 13.0 Å². The van der Waals surface area contributed by atoms with E-state index in [2.05, 4.69) is 4.98 Å². The van der Waals surface area contributed by atoms with Crippen LogP contribution in [0.25, 0.3) is 10.8 Å². The molecule has 0 aliphatic carbocycles. The van der Waals surface area contributed by atoms with Gasteiger partial charge in [-0.2, -0.15) is 0 Å². The van der Waals surface area contributed by atoms with E-state index in [1.54, 1.807) is 0 Å². The van der Waals surface area contributed by atoms with E-state index in [1.165, 1.54) is 0 Å². The number of aromatic amines is 1. The van der Waals surface area contributed by atoms with Gasteiger partial charge in [-0.1, -0.05) is 18.2 Å². The first kappa shape index (κ1) is 6.28. The van der Waals surface area contributed by atoms with E-state index in [1.807, 2.05) is 31.2 Å². The third-order valence-corrected chi connectivity index (χ3v) is 1.89. The summed E-state index contributed by atoms with van der Waals surface area (Å²) in [6, 6.07) is 7.76. The van der Waals surface area contributed by atoms with Crippen molar-refractivity contribution in [3.63, 3.8) is 0 Å². The molecular weight excluding hydrogens is 138 g/mol. The molecule has 0 spiro atoms. The highest BCUT2D eigenvalue weighted by molar-refractivity contribution is 5.89. The maximum Gasteiger partial charge on any atom is 0.196 e. The van der Waals surface area contributed by atoms with Crippen molar-refractivity contribution in [1.82, 2.24) is 4.98 Å². The minimum absolute atomic E-state index is 0.262. The Kier molecular flexibility index (Phi) is 1.15. The van der Waals surface area contributed by atoms with Gasteiger partial charge in [0.1, 0.15) is 0 Å². The molecule has 1 aromatic carbocycles. The molecule has 0 amide bonds. The van der Waals surface area contributed by atoms with Crippen LogP contribution in [0.1, 0.15) is 5.69 Å². The maximum atomic E-state index is 9.34. The Morgan fingerprint density at radius 2 is 1.82 bits per heavy atom. The molecule has 56 valence electrons. The number of hydrogen-bond donors (Lipinski definition) is 2. The Hall–Kier alpha value is -1.44. The van der Waals surface area contributed by atoms with Crippen LogP contribution < -0.4 is 0 Å². The lowest BCUT2D eigenvalue weighted by Crippen LogP contribution is -1.67. The first-order valence-electron chi connectivity index (χ1n) is 3.55. The number of benzene rings is 1. The standard InChI is InChI=1S/C9H9NO/c1-6-7-4-2-3-5-8(7)9(11)10-6/h2-5,10-11H,1H3. The number of hydrogen-bond acceptors (Lipinski definition) is 1. The first-order valence-corrected chi connectivity index (χ1v) is 3.55. The molecule has 0 bridgehead atoms. The molecule has 0 saturated carbocycles. The summed E-state index contributed by atoms with van der Waals surface area (Å²) >= 11 is 0. The van der Waals surface area contributed by atoms with Crippen LogP contribution in [-0.2, 0) is 0 Å². The fourth-order valence-electron chi connectivity index (χ4n) is 1.33. The zero-order chi connectivity index (χ0) is 7.84. The average Bonchev–Trinajstić information content (AvgIpc) is 2.30. The molecule has 0 radical (unpaired) electrons. The summed E-state index contributed by atoms with van der Waals surface area (Å²) in [6.07, 6.45) is 0. The Bertz CT molecular complexity index is 353. The quantitative estimate of drug-likeness (QED) is 0.588. The SMILES string of the molecule is Cc1[nH]c(O)c2ccccc12. The topological polar surface area (TPSA) is 36.0 Å². The van der Waals surface area contributed by atoms with Crippen molar-refractivity contribution in [2.45, 2.75) is 6.92 Å². The first-order chi connectivity index (χ1) is 5.29. The number of nitrogens with one attached hydrogen (secondary N) is 1. The monoisotopic (exact) mass is 147 g/mol. The molecule has 0 saturated heterocycles. The van der Waals surface area contributed by atoms with Crippen molar-refractivity contribution < 1.29 is 5.11 Å². The third kappa shape index (κ3) is 0.792. The number of fused-ring (bicyclic) bond motifs is 1. The predicted octanol–water partition coefficient (Wildman–Crippen LogP) is 2.18. The van der Waals surface area contributed by atoms with Crippen molar-refractivity contribution in [2.24, 2.45) is 0 Å². The second-order valence-corrected chi connectivity index (χ2v) is 2.64. The van der Waals surface area contributed by atoms with E-state index in [4.69, 9.17) is 0 Å². The maximum absolute atomic E-state index is 9.34. The highest BCUT2D eigenvalue weighted by Gasteiger charge is 2.02. The highest BCUT2D eigenvalue weighted by Crippen LogP contribution is 2.25. The van der Waals surface area contributed by atoms with Crippen molar-refractivity contribution in [3.05, 3.63) is 30.0 Å². The molecule has 2 N–H and O–H groups in total. The summed E-state index contributed by atoms with van der Waals surface area (Å²) in [5.41, 5.74) is 1.01. The molecule has 0 fully saturated rings. The van der Waals surface area contributed by atoms with Crippen LogP contribution in [0.2, 0.25) is 0 Å². The molecule has 1 heterocycles. The molecule has 2 aromatic rings. The fraction of sp³-hybridized carbons (Fsp3) is 0.111. The van der Waals surface area contributed by atoms with Gasteiger partial charge < -0.3 is 10.1 Å². The van der Waals surface area contributed by atoms with E-state index in [0.717, 1.165) is 16.5 Å². The smallest absolute Gasteiger partial charge is 0.196 e. The van der Waals surface area contributed by atoms with Crippen molar-refractivity contribution in [2.75, 3.05) is 0 Å². The summed E-state index contributed by atoms with van der Waals surface area (Å²) in [5, 5.41) is 11.3. The van der Waals surface area contributed by atoms with Crippen LogP contribution in [0.3, 0.4) is 0 Å². The Morgan fingerprint density at radius 1 is 1.18 bits per heavy atom. The van der Waals surface area contributed by atoms with Crippen LogP contribution in [0.15, 0.2) is 24.3 Å². The molecule has 2 rings (SSSR count). The van der Waals surface area contributed by atoms with Gasteiger partial charge in [-0.25, -0.2) is 0 Å². The Balaban J connectivity index is 2.95. The molecule has 2 heteroatoms. The summed E-state index contributed by atoms with van der Waals surface area (Å²) < 4.78 is 0. The summed E-state index contributed by atoms with van der Waals surface area (Å²) in [6.45, 7) is 1.95. The molecular formula is C9H9NO. The Morgan fingerprint density at radius 3 is 2.45 bits per heavy atom. The number of H-pyrrole nitrogens is 1. The number of aromatic nitrogens is 1.